The third-order valence-corrected chi connectivity index (χ3v) is 4.82. The van der Waals surface area contributed by atoms with Gasteiger partial charge in [0.25, 0.3) is 5.91 Å². The minimum atomic E-state index is -0.348. The zero-order valence-electron chi connectivity index (χ0n) is 10.8. The number of nitrogens with one attached hydrogen (secondary N) is 1. The molecule has 21 heavy (non-hydrogen) atoms. The van der Waals surface area contributed by atoms with Crippen LogP contribution < -0.4 is 5.32 Å². The van der Waals surface area contributed by atoms with Crippen LogP contribution in [-0.4, -0.2) is 27.1 Å². The average molecular weight is 337 g/mol. The molecule has 2 aromatic heterocycles. The molecule has 0 spiro atoms. The topological polar surface area (TPSA) is 67.8 Å². The predicted molar refractivity (Wildman–Crippen MR) is 86.4 cm³/mol. The van der Waals surface area contributed by atoms with Crippen LogP contribution in [0.3, 0.4) is 0 Å². The Balaban J connectivity index is 1.85. The standard InChI is InChI=1S/C13H9ClN4OS2/c1-20-13-18-8-3-2-7(4-10(8)21-13)16-12(19)9-5-15-6-11(14)17-9/h2-6H,1H3,(H,16,19). The Morgan fingerprint density at radius 1 is 1.33 bits per heavy atom. The zero-order chi connectivity index (χ0) is 14.8. The molecule has 8 heteroatoms. The van der Waals surface area contributed by atoms with E-state index in [1.54, 1.807) is 23.1 Å². The van der Waals surface area contributed by atoms with Crippen molar-refractivity contribution in [2.75, 3.05) is 11.6 Å². The number of anilines is 1. The van der Waals surface area contributed by atoms with E-state index in [1.165, 1.54) is 12.4 Å². The molecule has 1 aromatic carbocycles. The molecule has 0 fully saturated rings. The summed E-state index contributed by atoms with van der Waals surface area (Å²) >= 11 is 8.91. The molecule has 0 bridgehead atoms. The number of carbonyl (C=O) groups excluding carboxylic acids is 1. The van der Waals surface area contributed by atoms with Crippen LogP contribution in [0.15, 0.2) is 34.9 Å². The normalized spacial score (nSPS) is 10.8. The Bertz CT molecular complexity index is 821. The number of thioether (sulfide) groups is 1. The van der Waals surface area contributed by atoms with E-state index in [-0.39, 0.29) is 16.8 Å². The van der Waals surface area contributed by atoms with E-state index < -0.39 is 0 Å². The maximum absolute atomic E-state index is 12.1. The maximum atomic E-state index is 12.1. The summed E-state index contributed by atoms with van der Waals surface area (Å²) in [4.78, 5) is 24.3. The lowest BCUT2D eigenvalue weighted by molar-refractivity contribution is 0.102. The molecular formula is C13H9ClN4OS2. The number of nitrogens with zero attached hydrogens (tertiary/aromatic N) is 3. The lowest BCUT2D eigenvalue weighted by atomic mass is 10.3. The number of hydrogen-bond acceptors (Lipinski definition) is 6. The first kappa shape index (κ1) is 14.2. The Morgan fingerprint density at radius 3 is 2.95 bits per heavy atom. The van der Waals surface area contributed by atoms with Gasteiger partial charge in [-0.1, -0.05) is 23.4 Å². The number of amides is 1. The molecule has 0 unspecified atom stereocenters. The lowest BCUT2D eigenvalue weighted by Gasteiger charge is -2.04. The summed E-state index contributed by atoms with van der Waals surface area (Å²) in [5, 5.41) is 2.96. The smallest absolute Gasteiger partial charge is 0.275 e. The molecule has 5 nitrogen and oxygen atoms in total. The van der Waals surface area contributed by atoms with Crippen molar-refractivity contribution in [2.45, 2.75) is 4.34 Å². The largest absolute Gasteiger partial charge is 0.321 e. The van der Waals surface area contributed by atoms with Crippen LogP contribution >= 0.6 is 34.7 Å². The van der Waals surface area contributed by atoms with Gasteiger partial charge in [-0.05, 0) is 24.5 Å². The molecule has 0 saturated heterocycles. The third kappa shape index (κ3) is 3.15. The predicted octanol–water partition coefficient (Wildman–Crippen LogP) is 3.71. The molecule has 2 heterocycles. The number of benzene rings is 1. The van der Waals surface area contributed by atoms with Gasteiger partial charge in [0, 0.05) is 5.69 Å². The van der Waals surface area contributed by atoms with Gasteiger partial charge in [0.05, 0.1) is 22.6 Å². The van der Waals surface area contributed by atoms with E-state index in [2.05, 4.69) is 20.3 Å². The molecule has 106 valence electrons. The van der Waals surface area contributed by atoms with Gasteiger partial charge in [0.15, 0.2) is 4.34 Å². The summed E-state index contributed by atoms with van der Waals surface area (Å²) in [6.07, 6.45) is 4.74. The first-order valence-electron chi connectivity index (χ1n) is 5.89. The van der Waals surface area contributed by atoms with Crippen LogP contribution in [0.25, 0.3) is 10.2 Å². The van der Waals surface area contributed by atoms with Gasteiger partial charge in [-0.25, -0.2) is 9.97 Å². The first-order chi connectivity index (χ1) is 10.2. The van der Waals surface area contributed by atoms with Crippen LogP contribution in [0.2, 0.25) is 5.15 Å². The monoisotopic (exact) mass is 336 g/mol. The van der Waals surface area contributed by atoms with E-state index in [0.717, 1.165) is 14.6 Å². The average Bonchev–Trinajstić information content (AvgIpc) is 2.89. The van der Waals surface area contributed by atoms with Gasteiger partial charge in [-0.15, -0.1) is 11.3 Å². The minimum absolute atomic E-state index is 0.178. The van der Waals surface area contributed by atoms with Crippen molar-refractivity contribution in [2.24, 2.45) is 0 Å². The minimum Gasteiger partial charge on any atom is -0.321 e. The van der Waals surface area contributed by atoms with Gasteiger partial charge in [-0.2, -0.15) is 0 Å². The van der Waals surface area contributed by atoms with Crippen LogP contribution in [0, 0.1) is 0 Å². The highest BCUT2D eigenvalue weighted by Gasteiger charge is 2.10. The first-order valence-corrected chi connectivity index (χ1v) is 8.31. The van der Waals surface area contributed by atoms with Crippen molar-refractivity contribution < 1.29 is 4.79 Å². The van der Waals surface area contributed by atoms with Crippen LogP contribution in [0.1, 0.15) is 10.5 Å². The highest BCUT2D eigenvalue weighted by Crippen LogP contribution is 2.30. The van der Waals surface area contributed by atoms with Gasteiger partial charge in [0.2, 0.25) is 0 Å². The Morgan fingerprint density at radius 2 is 2.19 bits per heavy atom. The zero-order valence-corrected chi connectivity index (χ0v) is 13.2. The van der Waals surface area contributed by atoms with Crippen molar-refractivity contribution in [3.63, 3.8) is 0 Å². The fraction of sp³-hybridized carbons (Fsp3) is 0.0769. The molecule has 1 amide bonds. The Hall–Kier alpha value is -1.70. The molecule has 0 aliphatic carbocycles. The molecule has 0 aliphatic heterocycles. The van der Waals surface area contributed by atoms with E-state index >= 15 is 0 Å². The summed E-state index contributed by atoms with van der Waals surface area (Å²) in [6.45, 7) is 0. The SMILES string of the molecule is CSc1nc2ccc(NC(=O)c3cncc(Cl)n3)cc2s1. The quantitative estimate of drug-likeness (QED) is 0.738. The van der Waals surface area contributed by atoms with Crippen LogP contribution in [0.4, 0.5) is 5.69 Å². The second-order valence-corrected chi connectivity index (χ2v) is 6.52. The number of aromatic nitrogens is 3. The van der Waals surface area contributed by atoms with Crippen molar-refractivity contribution in [1.82, 2.24) is 15.0 Å². The summed E-state index contributed by atoms with van der Waals surface area (Å²) in [5.74, 6) is -0.348. The lowest BCUT2D eigenvalue weighted by Crippen LogP contribution is -2.13. The number of fused-ring (bicyclic) bond motifs is 1. The number of halogens is 1. The number of carbonyl (C=O) groups is 1. The Labute approximate surface area is 133 Å². The molecule has 1 N–H and O–H groups in total. The summed E-state index contributed by atoms with van der Waals surface area (Å²) in [7, 11) is 0. The second-order valence-electron chi connectivity index (χ2n) is 4.05. The van der Waals surface area contributed by atoms with E-state index in [9.17, 15) is 4.79 Å². The van der Waals surface area contributed by atoms with E-state index in [4.69, 9.17) is 11.6 Å². The summed E-state index contributed by atoms with van der Waals surface area (Å²) < 4.78 is 2.02. The third-order valence-electron chi connectivity index (χ3n) is 2.64. The van der Waals surface area contributed by atoms with E-state index in [0.29, 0.717) is 5.69 Å². The molecule has 3 rings (SSSR count). The number of rotatable bonds is 3. The van der Waals surface area contributed by atoms with E-state index in [1.807, 2.05) is 24.5 Å². The fourth-order valence-corrected chi connectivity index (χ4v) is 3.39. The molecule has 0 saturated carbocycles. The number of hydrogen-bond donors (Lipinski definition) is 1. The van der Waals surface area contributed by atoms with Gasteiger partial charge < -0.3 is 5.32 Å². The highest BCUT2D eigenvalue weighted by atomic mass is 35.5. The molecule has 0 atom stereocenters. The molecule has 0 radical (unpaired) electrons. The maximum Gasteiger partial charge on any atom is 0.275 e. The van der Waals surface area contributed by atoms with Crippen molar-refractivity contribution in [1.29, 1.82) is 0 Å². The fourth-order valence-electron chi connectivity index (χ4n) is 1.72. The Kier molecular flexibility index (Phi) is 4.05. The van der Waals surface area contributed by atoms with Gasteiger partial charge in [0.1, 0.15) is 10.8 Å². The van der Waals surface area contributed by atoms with Crippen molar-refractivity contribution in [3.8, 4) is 0 Å². The van der Waals surface area contributed by atoms with Crippen molar-refractivity contribution in [3.05, 3.63) is 41.4 Å². The molecular weight excluding hydrogens is 328 g/mol. The van der Waals surface area contributed by atoms with Gasteiger partial charge in [-0.3, -0.25) is 9.78 Å². The molecule has 0 aliphatic rings. The summed E-state index contributed by atoms with van der Waals surface area (Å²) in [5.41, 5.74) is 1.78. The van der Waals surface area contributed by atoms with Crippen LogP contribution in [0.5, 0.6) is 0 Å². The highest BCUT2D eigenvalue weighted by molar-refractivity contribution is 8.00. The van der Waals surface area contributed by atoms with Gasteiger partial charge >= 0.3 is 0 Å². The van der Waals surface area contributed by atoms with Crippen molar-refractivity contribution >= 4 is 56.5 Å². The van der Waals surface area contributed by atoms with Crippen LogP contribution in [-0.2, 0) is 0 Å². The number of thiazole rings is 1. The second kappa shape index (κ2) is 5.97. The summed E-state index contributed by atoms with van der Waals surface area (Å²) in [6, 6.07) is 5.58. The molecule has 3 aromatic rings.